The molecule has 0 heterocycles. The Morgan fingerprint density at radius 3 is 2.26 bits per heavy atom. The average Bonchev–Trinajstić information content (AvgIpc) is 2.38. The summed E-state index contributed by atoms with van der Waals surface area (Å²) in [6.45, 7) is 0. The van der Waals surface area contributed by atoms with E-state index in [0.29, 0.717) is 37.7 Å². The van der Waals surface area contributed by atoms with Gasteiger partial charge in [-0.05, 0) is 30.3 Å². The Bertz CT molecular complexity index is 678. The number of hydrogen-bond acceptors (Lipinski definition) is 3. The van der Waals surface area contributed by atoms with Gasteiger partial charge in [0.15, 0.2) is 0 Å². The smallest absolute Gasteiger partial charge is 0.0992 e. The first-order valence-electron chi connectivity index (χ1n) is 5.22. The molecule has 0 saturated carbocycles. The van der Waals surface area contributed by atoms with Gasteiger partial charge in [0, 0.05) is 0 Å². The van der Waals surface area contributed by atoms with E-state index in [4.69, 9.17) is 45.8 Å². The van der Waals surface area contributed by atoms with E-state index < -0.39 is 0 Å². The summed E-state index contributed by atoms with van der Waals surface area (Å²) in [5.41, 5.74) is 8.01. The zero-order valence-corrected chi connectivity index (χ0v) is 11.8. The first-order valence-corrected chi connectivity index (χ1v) is 6.36. The molecule has 0 radical (unpaired) electrons. The summed E-state index contributed by atoms with van der Waals surface area (Å²) in [5.74, 6) is 0. The van der Waals surface area contributed by atoms with E-state index in [9.17, 15) is 0 Å². The molecule has 0 aliphatic rings. The van der Waals surface area contributed by atoms with Crippen molar-refractivity contribution in [1.82, 2.24) is 0 Å². The predicted molar refractivity (Wildman–Crippen MR) is 80.3 cm³/mol. The zero-order chi connectivity index (χ0) is 14.0. The Morgan fingerprint density at radius 2 is 1.63 bits per heavy atom. The molecule has 96 valence electrons. The summed E-state index contributed by atoms with van der Waals surface area (Å²) in [7, 11) is 0. The van der Waals surface area contributed by atoms with E-state index in [2.05, 4.69) is 5.32 Å². The Labute approximate surface area is 125 Å². The molecule has 6 heteroatoms. The van der Waals surface area contributed by atoms with Gasteiger partial charge in [0.2, 0.25) is 0 Å². The second-order valence-electron chi connectivity index (χ2n) is 3.78. The van der Waals surface area contributed by atoms with Crippen LogP contribution in [0.4, 0.5) is 17.1 Å². The fourth-order valence-corrected chi connectivity index (χ4v) is 2.10. The molecule has 2 rings (SSSR count). The maximum Gasteiger partial charge on any atom is 0.0992 e. The first kappa shape index (κ1) is 13.8. The topological polar surface area (TPSA) is 61.8 Å². The molecule has 0 saturated heterocycles. The van der Waals surface area contributed by atoms with E-state index in [1.54, 1.807) is 30.3 Å². The maximum absolute atomic E-state index is 8.77. The third-order valence-corrected chi connectivity index (χ3v) is 3.49. The van der Waals surface area contributed by atoms with Crippen LogP contribution in [0.5, 0.6) is 0 Å². The number of halogens is 3. The molecular formula is C13H8Cl3N3. The zero-order valence-electron chi connectivity index (χ0n) is 9.55. The standard InChI is InChI=1S/C13H8Cl3N3/c14-8-4-10(16)13(5-9(8)15)19-12-2-1-7(6-17)3-11(12)18/h1-5,19H,18H2. The molecule has 0 amide bonds. The number of nitrogens with one attached hydrogen (secondary N) is 1. The van der Waals surface area contributed by atoms with Gasteiger partial charge in [-0.15, -0.1) is 0 Å². The van der Waals surface area contributed by atoms with E-state index in [1.165, 1.54) is 0 Å². The van der Waals surface area contributed by atoms with Crippen molar-refractivity contribution in [3.05, 3.63) is 51.0 Å². The van der Waals surface area contributed by atoms with Crippen LogP contribution < -0.4 is 11.1 Å². The number of nitriles is 1. The second kappa shape index (κ2) is 5.58. The van der Waals surface area contributed by atoms with Crippen LogP contribution in [0.3, 0.4) is 0 Å². The molecule has 0 aromatic heterocycles. The number of nitrogens with zero attached hydrogens (tertiary/aromatic N) is 1. The van der Waals surface area contributed by atoms with E-state index in [1.807, 2.05) is 6.07 Å². The SMILES string of the molecule is N#Cc1ccc(Nc2cc(Cl)c(Cl)cc2Cl)c(N)c1. The van der Waals surface area contributed by atoms with Crippen LogP contribution in [0, 0.1) is 11.3 Å². The third kappa shape index (κ3) is 3.05. The lowest BCUT2D eigenvalue weighted by Gasteiger charge is -2.12. The van der Waals surface area contributed by atoms with Gasteiger partial charge < -0.3 is 11.1 Å². The van der Waals surface area contributed by atoms with Crippen molar-refractivity contribution >= 4 is 51.9 Å². The molecular weight excluding hydrogens is 305 g/mol. The fraction of sp³-hybridized carbons (Fsp3) is 0. The molecule has 0 unspecified atom stereocenters. The highest BCUT2D eigenvalue weighted by atomic mass is 35.5. The molecule has 2 aromatic rings. The number of anilines is 3. The summed E-state index contributed by atoms with van der Waals surface area (Å²) >= 11 is 17.9. The van der Waals surface area contributed by atoms with Gasteiger partial charge in [0.05, 0.1) is 43.8 Å². The maximum atomic E-state index is 8.77. The number of nitrogens with two attached hydrogens (primary N) is 1. The highest BCUT2D eigenvalue weighted by Crippen LogP contribution is 2.35. The van der Waals surface area contributed by atoms with Crippen molar-refractivity contribution in [1.29, 1.82) is 5.26 Å². The van der Waals surface area contributed by atoms with E-state index in [0.717, 1.165) is 0 Å². The van der Waals surface area contributed by atoms with Gasteiger partial charge in [-0.25, -0.2) is 0 Å². The van der Waals surface area contributed by atoms with Gasteiger partial charge in [0.1, 0.15) is 0 Å². The van der Waals surface area contributed by atoms with Crippen LogP contribution in [0.1, 0.15) is 5.56 Å². The van der Waals surface area contributed by atoms with Gasteiger partial charge in [0.25, 0.3) is 0 Å². The van der Waals surface area contributed by atoms with Gasteiger partial charge in [-0.1, -0.05) is 34.8 Å². The summed E-state index contributed by atoms with van der Waals surface area (Å²) in [6.07, 6.45) is 0. The highest BCUT2D eigenvalue weighted by molar-refractivity contribution is 6.44. The summed E-state index contributed by atoms with van der Waals surface area (Å²) < 4.78 is 0. The summed E-state index contributed by atoms with van der Waals surface area (Å²) in [5, 5.41) is 13.0. The number of rotatable bonds is 2. The Balaban J connectivity index is 2.37. The number of hydrogen-bond donors (Lipinski definition) is 2. The summed E-state index contributed by atoms with van der Waals surface area (Å²) in [6, 6.07) is 10.1. The van der Waals surface area contributed by atoms with Gasteiger partial charge >= 0.3 is 0 Å². The minimum absolute atomic E-state index is 0.380. The Hall–Kier alpha value is -1.60. The first-order chi connectivity index (χ1) is 9.01. The minimum atomic E-state index is 0.380. The lowest BCUT2D eigenvalue weighted by molar-refractivity contribution is 1.47. The molecule has 3 N–H and O–H groups in total. The minimum Gasteiger partial charge on any atom is -0.397 e. The van der Waals surface area contributed by atoms with E-state index in [-0.39, 0.29) is 0 Å². The quantitative estimate of drug-likeness (QED) is 0.616. The van der Waals surface area contributed by atoms with Gasteiger partial charge in [-0.3, -0.25) is 0 Å². The average molecular weight is 313 g/mol. The second-order valence-corrected chi connectivity index (χ2v) is 5.01. The fourth-order valence-electron chi connectivity index (χ4n) is 1.51. The molecule has 0 aliphatic heterocycles. The van der Waals surface area contributed by atoms with Gasteiger partial charge in [-0.2, -0.15) is 5.26 Å². The third-order valence-electron chi connectivity index (χ3n) is 2.46. The molecule has 0 aliphatic carbocycles. The van der Waals surface area contributed by atoms with Crippen LogP contribution in [0.25, 0.3) is 0 Å². The predicted octanol–water partition coefficient (Wildman–Crippen LogP) is 4.84. The largest absolute Gasteiger partial charge is 0.397 e. The van der Waals surface area contributed by atoms with Crippen LogP contribution in [-0.4, -0.2) is 0 Å². The van der Waals surface area contributed by atoms with Crippen molar-refractivity contribution in [3.8, 4) is 6.07 Å². The summed E-state index contributed by atoms with van der Waals surface area (Å²) in [4.78, 5) is 0. The van der Waals surface area contributed by atoms with Crippen LogP contribution in [0.2, 0.25) is 15.1 Å². The molecule has 0 bridgehead atoms. The normalized spacial score (nSPS) is 10.0. The Kier molecular flexibility index (Phi) is 4.06. The molecule has 3 nitrogen and oxygen atoms in total. The lowest BCUT2D eigenvalue weighted by atomic mass is 10.2. The molecule has 0 atom stereocenters. The molecule has 0 fully saturated rings. The number of nitrogen functional groups attached to an aromatic ring is 1. The molecule has 0 spiro atoms. The molecule has 2 aromatic carbocycles. The van der Waals surface area contributed by atoms with Crippen molar-refractivity contribution in [2.24, 2.45) is 0 Å². The molecule has 19 heavy (non-hydrogen) atoms. The van der Waals surface area contributed by atoms with E-state index >= 15 is 0 Å². The van der Waals surface area contributed by atoms with Crippen LogP contribution >= 0.6 is 34.8 Å². The van der Waals surface area contributed by atoms with Crippen molar-refractivity contribution < 1.29 is 0 Å². The lowest BCUT2D eigenvalue weighted by Crippen LogP contribution is -1.97. The highest BCUT2D eigenvalue weighted by Gasteiger charge is 2.08. The van der Waals surface area contributed by atoms with Crippen LogP contribution in [0.15, 0.2) is 30.3 Å². The number of benzene rings is 2. The van der Waals surface area contributed by atoms with Crippen molar-refractivity contribution in [2.75, 3.05) is 11.1 Å². The van der Waals surface area contributed by atoms with Crippen molar-refractivity contribution in [2.45, 2.75) is 0 Å². The van der Waals surface area contributed by atoms with Crippen LogP contribution in [-0.2, 0) is 0 Å². The van der Waals surface area contributed by atoms with Crippen molar-refractivity contribution in [3.63, 3.8) is 0 Å². The monoisotopic (exact) mass is 311 g/mol. The Morgan fingerprint density at radius 1 is 0.947 bits per heavy atom.